The Morgan fingerprint density at radius 2 is 1.88 bits per heavy atom. The summed E-state index contributed by atoms with van der Waals surface area (Å²) in [5.41, 5.74) is 3.56. The maximum Gasteiger partial charge on any atom is 0.240 e. The van der Waals surface area contributed by atoms with Gasteiger partial charge in [0.1, 0.15) is 11.5 Å². The Bertz CT molecular complexity index is 1270. The van der Waals surface area contributed by atoms with E-state index in [1.165, 1.54) is 11.3 Å². The van der Waals surface area contributed by atoms with Crippen LogP contribution in [0.25, 0.3) is 16.0 Å². The van der Waals surface area contributed by atoms with E-state index >= 15 is 0 Å². The summed E-state index contributed by atoms with van der Waals surface area (Å²) in [5, 5.41) is 8.45. The number of carbonyl (C=O) groups excluding carboxylic acids is 1. The van der Waals surface area contributed by atoms with Gasteiger partial charge in [0.25, 0.3) is 0 Å². The van der Waals surface area contributed by atoms with Crippen molar-refractivity contribution in [1.29, 1.82) is 0 Å². The number of likely N-dealkylation sites (N-methyl/N-ethyl adjacent to an activating group) is 1. The number of amides is 1. The summed E-state index contributed by atoms with van der Waals surface area (Å²) >= 11 is 1.53. The number of hydrogen-bond acceptors (Lipinski definition) is 7. The molecule has 0 bridgehead atoms. The largest absolute Gasteiger partial charge is 0.497 e. The fraction of sp³-hybridized carbons (Fsp3) is 0.292. The van der Waals surface area contributed by atoms with E-state index in [1.54, 1.807) is 14.2 Å². The van der Waals surface area contributed by atoms with Gasteiger partial charge in [-0.15, -0.1) is 0 Å². The van der Waals surface area contributed by atoms with Crippen molar-refractivity contribution >= 4 is 32.7 Å². The molecule has 2 aromatic heterocycles. The number of methoxy groups -OCH3 is 2. The van der Waals surface area contributed by atoms with E-state index in [-0.39, 0.29) is 18.5 Å². The SMILES string of the molecule is COc1ccc(-n2nc(C)c3sc(N(C)CC(=O)N[C@H](C)c4cccc(OC)c4)nc32)cc1. The summed E-state index contributed by atoms with van der Waals surface area (Å²) in [6, 6.07) is 15.2. The molecule has 0 radical (unpaired) electrons. The Kier molecular flexibility index (Phi) is 6.50. The number of anilines is 1. The summed E-state index contributed by atoms with van der Waals surface area (Å²) in [5.74, 6) is 1.47. The summed E-state index contributed by atoms with van der Waals surface area (Å²) in [4.78, 5) is 19.3. The fourth-order valence-electron chi connectivity index (χ4n) is 3.55. The van der Waals surface area contributed by atoms with E-state index in [1.807, 2.05) is 79.0 Å². The van der Waals surface area contributed by atoms with Crippen molar-refractivity contribution < 1.29 is 14.3 Å². The number of hydrogen-bond donors (Lipinski definition) is 1. The van der Waals surface area contributed by atoms with E-state index in [2.05, 4.69) is 10.4 Å². The van der Waals surface area contributed by atoms with Gasteiger partial charge >= 0.3 is 0 Å². The zero-order valence-electron chi connectivity index (χ0n) is 19.3. The minimum atomic E-state index is -0.137. The molecule has 0 unspecified atom stereocenters. The second-order valence-electron chi connectivity index (χ2n) is 7.77. The number of benzene rings is 2. The molecule has 0 aliphatic carbocycles. The van der Waals surface area contributed by atoms with Crippen LogP contribution in [-0.2, 0) is 4.79 Å². The van der Waals surface area contributed by atoms with E-state index in [9.17, 15) is 4.79 Å². The minimum Gasteiger partial charge on any atom is -0.497 e. The summed E-state index contributed by atoms with van der Waals surface area (Å²) in [7, 11) is 5.14. The molecule has 0 aliphatic rings. The van der Waals surface area contributed by atoms with E-state index < -0.39 is 0 Å². The van der Waals surface area contributed by atoms with Gasteiger partial charge < -0.3 is 19.7 Å². The Labute approximate surface area is 196 Å². The number of aromatic nitrogens is 3. The number of ether oxygens (including phenoxy) is 2. The predicted octanol–water partition coefficient (Wildman–Crippen LogP) is 4.12. The molecule has 0 saturated carbocycles. The van der Waals surface area contributed by atoms with Crippen LogP contribution in [0.5, 0.6) is 11.5 Å². The summed E-state index contributed by atoms with van der Waals surface area (Å²) in [6.07, 6.45) is 0. The highest BCUT2D eigenvalue weighted by Gasteiger charge is 2.19. The number of nitrogens with one attached hydrogen (secondary N) is 1. The quantitative estimate of drug-likeness (QED) is 0.422. The highest BCUT2D eigenvalue weighted by molar-refractivity contribution is 7.22. The first-order valence-corrected chi connectivity index (χ1v) is 11.4. The van der Waals surface area contributed by atoms with Crippen molar-refractivity contribution in [1.82, 2.24) is 20.1 Å². The van der Waals surface area contributed by atoms with Crippen LogP contribution >= 0.6 is 11.3 Å². The first kappa shape index (κ1) is 22.6. The fourth-order valence-corrected chi connectivity index (χ4v) is 4.50. The molecular formula is C24H27N5O3S. The van der Waals surface area contributed by atoms with Gasteiger partial charge in [0.15, 0.2) is 10.8 Å². The number of fused-ring (bicyclic) bond motifs is 1. The van der Waals surface area contributed by atoms with Gasteiger partial charge in [-0.05, 0) is 55.8 Å². The van der Waals surface area contributed by atoms with Crippen LogP contribution in [0.15, 0.2) is 48.5 Å². The van der Waals surface area contributed by atoms with Crippen LogP contribution in [0, 0.1) is 6.92 Å². The van der Waals surface area contributed by atoms with Gasteiger partial charge in [0, 0.05) is 7.05 Å². The normalized spacial score (nSPS) is 11.9. The van der Waals surface area contributed by atoms with Crippen LogP contribution in [-0.4, -0.2) is 48.5 Å². The number of carbonyl (C=O) groups is 1. The average Bonchev–Trinajstić information content (AvgIpc) is 3.40. The lowest BCUT2D eigenvalue weighted by Crippen LogP contribution is -2.36. The molecule has 172 valence electrons. The maximum absolute atomic E-state index is 12.7. The number of aryl methyl sites for hydroxylation is 1. The number of rotatable bonds is 8. The maximum atomic E-state index is 12.7. The third-order valence-corrected chi connectivity index (χ3v) is 6.64. The molecule has 0 fully saturated rings. The lowest BCUT2D eigenvalue weighted by atomic mass is 10.1. The molecule has 0 spiro atoms. The highest BCUT2D eigenvalue weighted by Crippen LogP contribution is 2.32. The molecule has 2 heterocycles. The summed E-state index contributed by atoms with van der Waals surface area (Å²) < 4.78 is 13.3. The van der Waals surface area contributed by atoms with Crippen LogP contribution in [0.3, 0.4) is 0 Å². The van der Waals surface area contributed by atoms with E-state index in [0.717, 1.165) is 43.9 Å². The molecule has 1 atom stereocenters. The second-order valence-corrected chi connectivity index (χ2v) is 8.74. The van der Waals surface area contributed by atoms with Crippen LogP contribution in [0.2, 0.25) is 0 Å². The molecule has 1 amide bonds. The van der Waals surface area contributed by atoms with Crippen LogP contribution < -0.4 is 19.7 Å². The predicted molar refractivity (Wildman–Crippen MR) is 131 cm³/mol. The lowest BCUT2D eigenvalue weighted by molar-refractivity contribution is -0.120. The van der Waals surface area contributed by atoms with Gasteiger partial charge in [-0.2, -0.15) is 10.1 Å². The third-order valence-electron chi connectivity index (χ3n) is 5.37. The molecule has 0 aliphatic heterocycles. The standard InChI is InChI=1S/C24H27N5O3S/c1-15(17-7-6-8-20(13-17)32-5)25-21(30)14-28(3)24-26-23-22(33-24)16(2)27-29(23)18-9-11-19(31-4)12-10-18/h6-13,15H,14H2,1-5H3,(H,25,30)/t15-/m1/s1. The average molecular weight is 466 g/mol. The molecule has 8 nitrogen and oxygen atoms in total. The first-order chi connectivity index (χ1) is 15.9. The van der Waals surface area contributed by atoms with Crippen molar-refractivity contribution in [2.45, 2.75) is 19.9 Å². The van der Waals surface area contributed by atoms with Crippen molar-refractivity contribution in [3.05, 3.63) is 59.8 Å². The van der Waals surface area contributed by atoms with Crippen molar-refractivity contribution in [3.8, 4) is 17.2 Å². The molecule has 9 heteroatoms. The molecule has 0 saturated heterocycles. The monoisotopic (exact) mass is 465 g/mol. The van der Waals surface area contributed by atoms with Crippen molar-refractivity contribution in [3.63, 3.8) is 0 Å². The minimum absolute atomic E-state index is 0.0828. The van der Waals surface area contributed by atoms with Gasteiger partial charge in [0.2, 0.25) is 5.91 Å². The Morgan fingerprint density at radius 3 is 2.58 bits per heavy atom. The molecule has 2 aromatic carbocycles. The van der Waals surface area contributed by atoms with Gasteiger partial charge in [-0.3, -0.25) is 4.79 Å². The van der Waals surface area contributed by atoms with E-state index in [0.29, 0.717) is 0 Å². The zero-order valence-corrected chi connectivity index (χ0v) is 20.1. The molecular weight excluding hydrogens is 438 g/mol. The van der Waals surface area contributed by atoms with Gasteiger partial charge in [-0.1, -0.05) is 23.5 Å². The van der Waals surface area contributed by atoms with Crippen LogP contribution in [0.1, 0.15) is 24.2 Å². The van der Waals surface area contributed by atoms with E-state index in [4.69, 9.17) is 14.5 Å². The van der Waals surface area contributed by atoms with Crippen LogP contribution in [0.4, 0.5) is 5.13 Å². The molecule has 33 heavy (non-hydrogen) atoms. The lowest BCUT2D eigenvalue weighted by Gasteiger charge is -2.19. The smallest absolute Gasteiger partial charge is 0.240 e. The molecule has 4 rings (SSSR count). The van der Waals surface area contributed by atoms with Gasteiger partial charge in [-0.25, -0.2) is 4.68 Å². The topological polar surface area (TPSA) is 81.5 Å². The van der Waals surface area contributed by atoms with Crippen molar-refractivity contribution in [2.75, 3.05) is 32.7 Å². The highest BCUT2D eigenvalue weighted by atomic mass is 32.1. The Balaban J connectivity index is 1.48. The van der Waals surface area contributed by atoms with Gasteiger partial charge in [0.05, 0.1) is 42.9 Å². The molecule has 1 N–H and O–H groups in total. The number of nitrogens with zero attached hydrogens (tertiary/aromatic N) is 4. The number of thiazole rings is 1. The molecule has 4 aromatic rings. The third kappa shape index (κ3) is 4.78. The zero-order chi connectivity index (χ0) is 23.5. The summed E-state index contributed by atoms with van der Waals surface area (Å²) in [6.45, 7) is 4.11. The second kappa shape index (κ2) is 9.50. The van der Waals surface area contributed by atoms with Crippen molar-refractivity contribution in [2.24, 2.45) is 0 Å². The first-order valence-electron chi connectivity index (χ1n) is 10.5. The Hall–Kier alpha value is -3.59. The Morgan fingerprint density at radius 1 is 1.15 bits per heavy atom.